The highest BCUT2D eigenvalue weighted by atomic mass is 79.9. The molecule has 0 atom stereocenters. The van der Waals surface area contributed by atoms with Gasteiger partial charge in [-0.1, -0.05) is 19.9 Å². The summed E-state index contributed by atoms with van der Waals surface area (Å²) in [6.45, 7) is 7.22. The van der Waals surface area contributed by atoms with Crippen LogP contribution in [0.25, 0.3) is 0 Å². The van der Waals surface area contributed by atoms with Crippen LogP contribution in [-0.2, 0) is 13.1 Å². The zero-order chi connectivity index (χ0) is 15.2. The standard InChI is InChI=1S/C16H22BrN3S/c1-12(2)7-18-8-13-4-5-16(19-9-13)20(3)10-14-6-15(17)21-11-14/h4-6,9,11-12,18H,7-8,10H2,1-3H3. The Hall–Kier alpha value is -0.910. The first-order valence-electron chi connectivity index (χ1n) is 7.14. The van der Waals surface area contributed by atoms with Gasteiger partial charge in [0, 0.05) is 26.3 Å². The van der Waals surface area contributed by atoms with Crippen LogP contribution in [-0.4, -0.2) is 18.6 Å². The molecule has 2 aromatic rings. The number of thiophene rings is 1. The predicted octanol–water partition coefficient (Wildman–Crippen LogP) is 4.29. The van der Waals surface area contributed by atoms with Gasteiger partial charge in [-0.2, -0.15) is 0 Å². The van der Waals surface area contributed by atoms with Crippen LogP contribution in [0, 0.1) is 5.92 Å². The van der Waals surface area contributed by atoms with Crippen molar-refractivity contribution < 1.29 is 0 Å². The lowest BCUT2D eigenvalue weighted by atomic mass is 10.2. The molecule has 0 amide bonds. The molecule has 21 heavy (non-hydrogen) atoms. The van der Waals surface area contributed by atoms with Crippen molar-refractivity contribution in [3.63, 3.8) is 0 Å². The average Bonchev–Trinajstić information content (AvgIpc) is 2.84. The van der Waals surface area contributed by atoms with E-state index in [0.29, 0.717) is 5.92 Å². The topological polar surface area (TPSA) is 28.2 Å². The van der Waals surface area contributed by atoms with Gasteiger partial charge >= 0.3 is 0 Å². The van der Waals surface area contributed by atoms with Crippen molar-refractivity contribution in [3.05, 3.63) is 44.7 Å². The Balaban J connectivity index is 1.88. The smallest absolute Gasteiger partial charge is 0.128 e. The molecule has 0 aromatic carbocycles. The molecule has 0 bridgehead atoms. The lowest BCUT2D eigenvalue weighted by Crippen LogP contribution is -2.20. The van der Waals surface area contributed by atoms with Crippen LogP contribution in [0.3, 0.4) is 0 Å². The maximum Gasteiger partial charge on any atom is 0.128 e. The molecule has 0 aliphatic rings. The Labute approximate surface area is 139 Å². The maximum atomic E-state index is 4.56. The molecule has 5 heteroatoms. The van der Waals surface area contributed by atoms with Crippen molar-refractivity contribution in [3.8, 4) is 0 Å². The molecule has 114 valence electrons. The molecule has 0 radical (unpaired) electrons. The first kappa shape index (κ1) is 16.5. The first-order chi connectivity index (χ1) is 10.0. The molecular weight excluding hydrogens is 346 g/mol. The van der Waals surface area contributed by atoms with Crippen molar-refractivity contribution in [1.29, 1.82) is 0 Å². The summed E-state index contributed by atoms with van der Waals surface area (Å²) in [6, 6.07) is 6.40. The lowest BCUT2D eigenvalue weighted by molar-refractivity contribution is 0.552. The minimum atomic E-state index is 0.674. The highest BCUT2D eigenvalue weighted by Gasteiger charge is 2.05. The van der Waals surface area contributed by atoms with E-state index < -0.39 is 0 Å². The zero-order valence-corrected chi connectivity index (χ0v) is 15.2. The largest absolute Gasteiger partial charge is 0.355 e. The van der Waals surface area contributed by atoms with Crippen LogP contribution < -0.4 is 10.2 Å². The van der Waals surface area contributed by atoms with E-state index in [1.807, 2.05) is 6.20 Å². The Bertz CT molecular complexity index is 551. The van der Waals surface area contributed by atoms with E-state index in [9.17, 15) is 0 Å². The summed E-state index contributed by atoms with van der Waals surface area (Å²) in [5.41, 5.74) is 2.53. The molecule has 2 rings (SSSR count). The van der Waals surface area contributed by atoms with Crippen molar-refractivity contribution in [2.45, 2.75) is 26.9 Å². The lowest BCUT2D eigenvalue weighted by Gasteiger charge is -2.17. The second-order valence-corrected chi connectivity index (χ2v) is 7.95. The predicted molar refractivity (Wildman–Crippen MR) is 94.9 cm³/mol. The van der Waals surface area contributed by atoms with Gasteiger partial charge < -0.3 is 10.2 Å². The fourth-order valence-electron chi connectivity index (χ4n) is 2.04. The molecule has 0 unspecified atom stereocenters. The summed E-state index contributed by atoms with van der Waals surface area (Å²) < 4.78 is 1.17. The van der Waals surface area contributed by atoms with E-state index in [4.69, 9.17) is 0 Å². The Morgan fingerprint density at radius 1 is 1.33 bits per heavy atom. The van der Waals surface area contributed by atoms with Crippen LogP contribution in [0.1, 0.15) is 25.0 Å². The minimum absolute atomic E-state index is 0.674. The van der Waals surface area contributed by atoms with Crippen molar-refractivity contribution in [2.24, 2.45) is 5.92 Å². The number of rotatable bonds is 7. The summed E-state index contributed by atoms with van der Waals surface area (Å²) >= 11 is 5.22. The molecule has 0 fully saturated rings. The molecule has 0 spiro atoms. The minimum Gasteiger partial charge on any atom is -0.355 e. The third-order valence-electron chi connectivity index (χ3n) is 3.12. The number of aromatic nitrogens is 1. The molecule has 1 N–H and O–H groups in total. The molecular formula is C16H22BrN3S. The van der Waals surface area contributed by atoms with Crippen molar-refractivity contribution >= 4 is 33.1 Å². The number of anilines is 1. The van der Waals surface area contributed by atoms with E-state index in [1.165, 1.54) is 14.9 Å². The normalized spacial score (nSPS) is 11.1. The van der Waals surface area contributed by atoms with Crippen molar-refractivity contribution in [2.75, 3.05) is 18.5 Å². The van der Waals surface area contributed by atoms with E-state index >= 15 is 0 Å². The summed E-state index contributed by atoms with van der Waals surface area (Å²) in [5.74, 6) is 1.68. The van der Waals surface area contributed by atoms with Gasteiger partial charge in [0.25, 0.3) is 0 Å². The highest BCUT2D eigenvalue weighted by Crippen LogP contribution is 2.22. The number of nitrogens with zero attached hydrogens (tertiary/aromatic N) is 2. The number of nitrogens with one attached hydrogen (secondary N) is 1. The summed E-state index contributed by atoms with van der Waals surface area (Å²) in [6.07, 6.45) is 1.96. The Morgan fingerprint density at radius 3 is 2.71 bits per heavy atom. The fourth-order valence-corrected chi connectivity index (χ4v) is 3.24. The number of halogens is 1. The van der Waals surface area contributed by atoms with Gasteiger partial charge in [0.1, 0.15) is 5.82 Å². The van der Waals surface area contributed by atoms with Gasteiger partial charge in [-0.15, -0.1) is 11.3 Å². The highest BCUT2D eigenvalue weighted by molar-refractivity contribution is 9.11. The second-order valence-electron chi connectivity index (χ2n) is 5.66. The fraction of sp³-hybridized carbons (Fsp3) is 0.438. The maximum absolute atomic E-state index is 4.56. The first-order valence-corrected chi connectivity index (χ1v) is 8.81. The number of hydrogen-bond donors (Lipinski definition) is 1. The van der Waals surface area contributed by atoms with E-state index in [1.54, 1.807) is 11.3 Å². The third-order valence-corrected chi connectivity index (χ3v) is 4.68. The summed E-state index contributed by atoms with van der Waals surface area (Å²) in [5, 5.41) is 5.61. The second kappa shape index (κ2) is 7.92. The Kier molecular flexibility index (Phi) is 6.21. The molecule has 0 aliphatic heterocycles. The zero-order valence-electron chi connectivity index (χ0n) is 12.8. The van der Waals surface area contributed by atoms with Crippen LogP contribution in [0.15, 0.2) is 33.6 Å². The van der Waals surface area contributed by atoms with E-state index in [0.717, 1.165) is 25.5 Å². The Morgan fingerprint density at radius 2 is 2.14 bits per heavy atom. The van der Waals surface area contributed by atoms with Gasteiger partial charge in [-0.05, 0) is 57.0 Å². The van der Waals surface area contributed by atoms with Gasteiger partial charge in [-0.3, -0.25) is 0 Å². The number of hydrogen-bond acceptors (Lipinski definition) is 4. The van der Waals surface area contributed by atoms with Crippen LogP contribution >= 0.6 is 27.3 Å². The SMILES string of the molecule is CC(C)CNCc1ccc(N(C)Cc2csc(Br)c2)nc1. The molecule has 0 aliphatic carbocycles. The van der Waals surface area contributed by atoms with Gasteiger partial charge in [0.2, 0.25) is 0 Å². The average molecular weight is 368 g/mol. The van der Waals surface area contributed by atoms with Crippen molar-refractivity contribution in [1.82, 2.24) is 10.3 Å². The van der Waals surface area contributed by atoms with E-state index in [-0.39, 0.29) is 0 Å². The van der Waals surface area contributed by atoms with Gasteiger partial charge in [0.15, 0.2) is 0 Å². The van der Waals surface area contributed by atoms with Crippen LogP contribution in [0.2, 0.25) is 0 Å². The van der Waals surface area contributed by atoms with Gasteiger partial charge in [0.05, 0.1) is 3.79 Å². The molecule has 0 saturated carbocycles. The van der Waals surface area contributed by atoms with Crippen LogP contribution in [0.4, 0.5) is 5.82 Å². The molecule has 3 nitrogen and oxygen atoms in total. The summed E-state index contributed by atoms with van der Waals surface area (Å²) in [7, 11) is 2.07. The molecule has 2 heterocycles. The summed E-state index contributed by atoms with van der Waals surface area (Å²) in [4.78, 5) is 6.72. The molecule has 2 aromatic heterocycles. The quantitative estimate of drug-likeness (QED) is 0.790. The monoisotopic (exact) mass is 367 g/mol. The molecule has 0 saturated heterocycles. The number of pyridine rings is 1. The van der Waals surface area contributed by atoms with Gasteiger partial charge in [-0.25, -0.2) is 4.98 Å². The third kappa shape index (κ3) is 5.41. The van der Waals surface area contributed by atoms with Crippen LogP contribution in [0.5, 0.6) is 0 Å². The van der Waals surface area contributed by atoms with E-state index in [2.05, 4.69) is 75.6 Å².